The van der Waals surface area contributed by atoms with Gasteiger partial charge in [-0.15, -0.1) is 0 Å². The Balaban J connectivity index is 1.85. The van der Waals surface area contributed by atoms with Gasteiger partial charge in [-0.1, -0.05) is 36.8 Å². The molecular formula is C21H26N2O3S. The zero-order valence-corrected chi connectivity index (χ0v) is 16.9. The monoisotopic (exact) mass is 386 g/mol. The number of hydrogen-bond donors (Lipinski definition) is 1. The van der Waals surface area contributed by atoms with Crippen LogP contribution in [-0.2, 0) is 27.0 Å². The quantitative estimate of drug-likeness (QED) is 0.846. The molecule has 6 heteroatoms. The van der Waals surface area contributed by atoms with Crippen LogP contribution in [0.4, 0.5) is 11.4 Å². The average Bonchev–Trinajstić information content (AvgIpc) is 2.63. The first-order valence-corrected chi connectivity index (χ1v) is 10.9. The van der Waals surface area contributed by atoms with Gasteiger partial charge >= 0.3 is 0 Å². The zero-order chi connectivity index (χ0) is 19.6. The second-order valence-corrected chi connectivity index (χ2v) is 8.86. The lowest BCUT2D eigenvalue weighted by molar-refractivity contribution is -0.118. The van der Waals surface area contributed by atoms with Crippen LogP contribution in [0.15, 0.2) is 36.4 Å². The summed E-state index contributed by atoms with van der Waals surface area (Å²) in [5, 5.41) is 0. The Morgan fingerprint density at radius 2 is 1.93 bits per heavy atom. The number of nitrogens with zero attached hydrogens (tertiary/aromatic N) is 1. The molecular weight excluding hydrogens is 360 g/mol. The van der Waals surface area contributed by atoms with Gasteiger partial charge in [0.15, 0.2) is 0 Å². The van der Waals surface area contributed by atoms with Gasteiger partial charge in [-0.05, 0) is 55.5 Å². The summed E-state index contributed by atoms with van der Waals surface area (Å²) < 4.78 is 28.0. The van der Waals surface area contributed by atoms with Gasteiger partial charge in [-0.3, -0.25) is 9.52 Å². The van der Waals surface area contributed by atoms with Crippen molar-refractivity contribution >= 4 is 27.3 Å². The van der Waals surface area contributed by atoms with Crippen LogP contribution in [0, 0.1) is 13.8 Å². The van der Waals surface area contributed by atoms with E-state index in [0.29, 0.717) is 18.7 Å². The normalized spacial score (nSPS) is 14.0. The lowest BCUT2D eigenvalue weighted by Crippen LogP contribution is -2.35. The van der Waals surface area contributed by atoms with Gasteiger partial charge in [0.05, 0.1) is 11.4 Å². The molecule has 0 radical (unpaired) electrons. The fourth-order valence-electron chi connectivity index (χ4n) is 3.46. The molecule has 1 aliphatic heterocycles. The maximum atomic E-state index is 12.7. The Kier molecular flexibility index (Phi) is 5.56. The van der Waals surface area contributed by atoms with Crippen molar-refractivity contribution in [3.8, 4) is 0 Å². The van der Waals surface area contributed by atoms with E-state index in [2.05, 4.69) is 4.72 Å². The van der Waals surface area contributed by atoms with Crippen LogP contribution in [0.1, 0.15) is 42.0 Å². The van der Waals surface area contributed by atoms with Crippen molar-refractivity contribution in [1.29, 1.82) is 0 Å². The summed E-state index contributed by atoms with van der Waals surface area (Å²) in [6.45, 7) is 6.38. The third-order valence-electron chi connectivity index (χ3n) is 4.93. The van der Waals surface area contributed by atoms with Gasteiger partial charge < -0.3 is 4.90 Å². The molecule has 1 N–H and O–H groups in total. The maximum absolute atomic E-state index is 12.7. The minimum atomic E-state index is -3.55. The van der Waals surface area contributed by atoms with E-state index in [-0.39, 0.29) is 11.7 Å². The molecule has 0 aliphatic carbocycles. The molecule has 0 aromatic heterocycles. The molecule has 3 rings (SSSR count). The van der Waals surface area contributed by atoms with Crippen molar-refractivity contribution in [2.24, 2.45) is 0 Å². The summed E-state index contributed by atoms with van der Waals surface area (Å²) in [5.41, 5.74) is 5.18. The van der Waals surface area contributed by atoms with E-state index >= 15 is 0 Å². The average molecular weight is 387 g/mol. The predicted octanol–water partition coefficient (Wildman–Crippen LogP) is 3.93. The van der Waals surface area contributed by atoms with Gasteiger partial charge in [-0.25, -0.2) is 8.42 Å². The number of anilines is 2. The summed E-state index contributed by atoms with van der Waals surface area (Å²) in [7, 11) is -3.55. The second-order valence-electron chi connectivity index (χ2n) is 7.14. The first kappa shape index (κ1) is 19.4. The van der Waals surface area contributed by atoms with E-state index in [1.54, 1.807) is 17.0 Å². The lowest BCUT2D eigenvalue weighted by atomic mass is 10.0. The minimum absolute atomic E-state index is 0.0614. The molecule has 2 aromatic carbocycles. The van der Waals surface area contributed by atoms with Crippen LogP contribution >= 0.6 is 0 Å². The fourth-order valence-corrected chi connectivity index (χ4v) is 4.74. The Morgan fingerprint density at radius 3 is 2.67 bits per heavy atom. The first-order valence-electron chi connectivity index (χ1n) is 9.29. The highest BCUT2D eigenvalue weighted by molar-refractivity contribution is 7.91. The molecule has 0 bridgehead atoms. The number of rotatable bonds is 5. The van der Waals surface area contributed by atoms with Gasteiger partial charge in [0.1, 0.15) is 0 Å². The molecule has 2 aromatic rings. The number of carbonyl (C=O) groups is 1. The largest absolute Gasteiger partial charge is 0.312 e. The highest BCUT2D eigenvalue weighted by atomic mass is 32.2. The van der Waals surface area contributed by atoms with E-state index in [1.807, 2.05) is 45.0 Å². The fraction of sp³-hybridized carbons (Fsp3) is 0.381. The molecule has 0 fully saturated rings. The number of amides is 1. The van der Waals surface area contributed by atoms with Crippen molar-refractivity contribution in [2.45, 2.75) is 45.8 Å². The third-order valence-corrected chi connectivity index (χ3v) is 6.17. The van der Waals surface area contributed by atoms with E-state index in [1.165, 1.54) is 0 Å². The molecule has 1 heterocycles. The number of nitrogens with one attached hydrogen (secondary N) is 1. The van der Waals surface area contributed by atoms with Crippen LogP contribution in [0.25, 0.3) is 0 Å². The van der Waals surface area contributed by atoms with Gasteiger partial charge in [-0.2, -0.15) is 0 Å². The van der Waals surface area contributed by atoms with Crippen molar-refractivity contribution < 1.29 is 13.2 Å². The number of sulfonamides is 1. The Hall–Kier alpha value is -2.34. The highest BCUT2D eigenvalue weighted by Crippen LogP contribution is 2.31. The summed E-state index contributed by atoms with van der Waals surface area (Å²) in [6.07, 6.45) is 2.26. The van der Waals surface area contributed by atoms with Crippen LogP contribution in [-0.4, -0.2) is 20.9 Å². The summed E-state index contributed by atoms with van der Waals surface area (Å²) >= 11 is 0. The van der Waals surface area contributed by atoms with Crippen LogP contribution in [0.2, 0.25) is 0 Å². The third kappa shape index (κ3) is 4.50. The smallest absolute Gasteiger partial charge is 0.236 e. The van der Waals surface area contributed by atoms with Crippen LogP contribution < -0.4 is 9.62 Å². The van der Waals surface area contributed by atoms with Crippen molar-refractivity contribution in [2.75, 3.05) is 16.2 Å². The van der Waals surface area contributed by atoms with Crippen molar-refractivity contribution in [3.63, 3.8) is 0 Å². The molecule has 0 atom stereocenters. The Bertz CT molecular complexity index is 967. The van der Waals surface area contributed by atoms with Crippen LogP contribution in [0.5, 0.6) is 0 Å². The van der Waals surface area contributed by atoms with Crippen molar-refractivity contribution in [3.05, 3.63) is 58.7 Å². The number of benzene rings is 2. The lowest BCUT2D eigenvalue weighted by Gasteiger charge is -2.30. The Labute approximate surface area is 161 Å². The predicted molar refractivity (Wildman–Crippen MR) is 110 cm³/mol. The van der Waals surface area contributed by atoms with Crippen LogP contribution in [0.3, 0.4) is 0 Å². The molecule has 0 saturated carbocycles. The van der Waals surface area contributed by atoms with Gasteiger partial charge in [0.25, 0.3) is 0 Å². The Morgan fingerprint density at radius 1 is 1.15 bits per heavy atom. The number of hydrogen-bond acceptors (Lipinski definition) is 3. The SMILES string of the molecule is CCC(=O)N1CCCc2ccc(NS(=O)(=O)Cc3cc(C)ccc3C)cc21. The van der Waals surface area contributed by atoms with Gasteiger partial charge in [0, 0.05) is 18.7 Å². The number of fused-ring (bicyclic) bond motifs is 1. The van der Waals surface area contributed by atoms with E-state index in [0.717, 1.165) is 40.8 Å². The topological polar surface area (TPSA) is 66.5 Å². The molecule has 0 spiro atoms. The summed E-state index contributed by atoms with van der Waals surface area (Å²) in [5.74, 6) is -0.0128. The molecule has 5 nitrogen and oxygen atoms in total. The second kappa shape index (κ2) is 7.72. The number of aryl methyl sites for hydroxylation is 3. The molecule has 27 heavy (non-hydrogen) atoms. The zero-order valence-electron chi connectivity index (χ0n) is 16.1. The molecule has 0 saturated heterocycles. The van der Waals surface area contributed by atoms with E-state index < -0.39 is 10.0 Å². The summed E-state index contributed by atoms with van der Waals surface area (Å²) in [6, 6.07) is 11.3. The van der Waals surface area contributed by atoms with E-state index in [4.69, 9.17) is 0 Å². The molecule has 1 amide bonds. The van der Waals surface area contributed by atoms with Crippen molar-refractivity contribution in [1.82, 2.24) is 0 Å². The molecule has 144 valence electrons. The van der Waals surface area contributed by atoms with Gasteiger partial charge in [0.2, 0.25) is 15.9 Å². The molecule has 1 aliphatic rings. The number of carbonyl (C=O) groups excluding carboxylic acids is 1. The summed E-state index contributed by atoms with van der Waals surface area (Å²) in [4.78, 5) is 14.0. The highest BCUT2D eigenvalue weighted by Gasteiger charge is 2.22. The maximum Gasteiger partial charge on any atom is 0.236 e. The molecule has 0 unspecified atom stereocenters. The standard InChI is InChI=1S/C21H26N2O3S/c1-4-21(24)23-11-5-6-17-9-10-19(13-20(17)23)22-27(25,26)14-18-12-15(2)7-8-16(18)3/h7-10,12-13,22H,4-6,11,14H2,1-3H3. The first-order chi connectivity index (χ1) is 12.8. The minimum Gasteiger partial charge on any atom is -0.312 e. The van der Waals surface area contributed by atoms with E-state index in [9.17, 15) is 13.2 Å².